The number of halogens is 1. The lowest BCUT2D eigenvalue weighted by Crippen LogP contribution is -2.45. The molecule has 27 heavy (non-hydrogen) atoms. The van der Waals surface area contributed by atoms with Crippen LogP contribution in [0.25, 0.3) is 11.3 Å². The fraction of sp³-hybridized carbons (Fsp3) is 0.450. The molecule has 0 spiro atoms. The van der Waals surface area contributed by atoms with Gasteiger partial charge < -0.3 is 14.6 Å². The Morgan fingerprint density at radius 2 is 2.11 bits per heavy atom. The molecule has 1 aromatic heterocycles. The minimum atomic E-state index is -0.110. The van der Waals surface area contributed by atoms with Gasteiger partial charge in [-0.05, 0) is 44.0 Å². The maximum absolute atomic E-state index is 12.5. The summed E-state index contributed by atoms with van der Waals surface area (Å²) in [5, 5.41) is 3.51. The molecular formula is C20H24ClN3O3. The number of likely N-dealkylation sites (tertiary alicyclic amines) is 1. The lowest BCUT2D eigenvalue weighted by atomic mass is 9.96. The van der Waals surface area contributed by atoms with Crippen molar-refractivity contribution < 1.29 is 14.0 Å². The zero-order valence-corrected chi connectivity index (χ0v) is 16.2. The van der Waals surface area contributed by atoms with Crippen molar-refractivity contribution in [2.75, 3.05) is 19.6 Å². The van der Waals surface area contributed by atoms with E-state index in [4.69, 9.17) is 16.0 Å². The zero-order valence-electron chi connectivity index (χ0n) is 15.4. The molecule has 2 amide bonds. The molecule has 1 saturated heterocycles. The van der Waals surface area contributed by atoms with Crippen molar-refractivity contribution in [1.82, 2.24) is 15.2 Å². The normalized spacial score (nSPS) is 17.0. The number of benzene rings is 1. The molecule has 2 heterocycles. The van der Waals surface area contributed by atoms with Crippen LogP contribution in [-0.2, 0) is 16.0 Å². The summed E-state index contributed by atoms with van der Waals surface area (Å²) < 4.78 is 5.75. The number of aryl methyl sites for hydroxylation is 1. The van der Waals surface area contributed by atoms with Gasteiger partial charge in [0.15, 0.2) is 11.7 Å². The van der Waals surface area contributed by atoms with Crippen LogP contribution in [0.5, 0.6) is 0 Å². The number of nitrogens with one attached hydrogen (secondary N) is 1. The van der Waals surface area contributed by atoms with E-state index in [-0.39, 0.29) is 17.7 Å². The predicted octanol–water partition coefficient (Wildman–Crippen LogP) is 3.30. The molecule has 1 atom stereocenters. The van der Waals surface area contributed by atoms with E-state index in [1.165, 1.54) is 0 Å². The number of piperidine rings is 1. The highest BCUT2D eigenvalue weighted by Crippen LogP contribution is 2.23. The molecule has 1 aliphatic rings. The van der Waals surface area contributed by atoms with Gasteiger partial charge in [0.05, 0.1) is 12.1 Å². The van der Waals surface area contributed by atoms with E-state index in [0.29, 0.717) is 49.1 Å². The molecule has 1 unspecified atom stereocenters. The maximum atomic E-state index is 12.5. The quantitative estimate of drug-likeness (QED) is 0.822. The van der Waals surface area contributed by atoms with Gasteiger partial charge in [-0.15, -0.1) is 0 Å². The van der Waals surface area contributed by atoms with Crippen LogP contribution in [0.2, 0.25) is 5.02 Å². The standard InChI is InChI=1S/C20H24ClN3O3/c1-2-22-20(26)15-4-3-11-24(13-15)19(25)10-9-18-23-12-17(27-18)14-5-7-16(21)8-6-14/h5-8,12,15H,2-4,9-11,13H2,1H3,(H,22,26). The lowest BCUT2D eigenvalue weighted by Gasteiger charge is -2.32. The second kappa shape index (κ2) is 9.04. The molecule has 2 aromatic rings. The molecule has 0 aliphatic carbocycles. The van der Waals surface area contributed by atoms with Gasteiger partial charge in [-0.25, -0.2) is 4.98 Å². The van der Waals surface area contributed by atoms with E-state index in [0.717, 1.165) is 18.4 Å². The Bertz CT molecular complexity index is 788. The molecule has 1 N–H and O–H groups in total. The first kappa shape index (κ1) is 19.4. The van der Waals surface area contributed by atoms with E-state index in [1.807, 2.05) is 19.1 Å². The number of rotatable bonds is 6. The third kappa shape index (κ3) is 5.10. The summed E-state index contributed by atoms with van der Waals surface area (Å²) in [5.74, 6) is 1.15. The Labute approximate surface area is 163 Å². The molecule has 0 saturated carbocycles. The third-order valence-electron chi connectivity index (χ3n) is 4.73. The molecule has 7 heteroatoms. The van der Waals surface area contributed by atoms with Gasteiger partial charge in [0.1, 0.15) is 0 Å². The van der Waals surface area contributed by atoms with Crippen LogP contribution in [0, 0.1) is 5.92 Å². The number of nitrogens with zero attached hydrogens (tertiary/aromatic N) is 2. The first-order valence-electron chi connectivity index (χ1n) is 9.33. The zero-order chi connectivity index (χ0) is 19.2. The van der Waals surface area contributed by atoms with Crippen LogP contribution < -0.4 is 5.32 Å². The highest BCUT2D eigenvalue weighted by atomic mass is 35.5. The topological polar surface area (TPSA) is 75.4 Å². The Morgan fingerprint density at radius 3 is 2.85 bits per heavy atom. The average molecular weight is 390 g/mol. The van der Waals surface area contributed by atoms with Crippen LogP contribution in [0.1, 0.15) is 32.1 Å². The van der Waals surface area contributed by atoms with Gasteiger partial charge in [0.2, 0.25) is 11.8 Å². The average Bonchev–Trinajstić information content (AvgIpc) is 3.16. The van der Waals surface area contributed by atoms with Gasteiger partial charge in [0, 0.05) is 43.1 Å². The molecule has 3 rings (SSSR count). The number of carbonyl (C=O) groups excluding carboxylic acids is 2. The van der Waals surface area contributed by atoms with Crippen LogP contribution in [0.4, 0.5) is 0 Å². The van der Waals surface area contributed by atoms with Gasteiger partial charge >= 0.3 is 0 Å². The third-order valence-corrected chi connectivity index (χ3v) is 4.98. The number of carbonyl (C=O) groups is 2. The monoisotopic (exact) mass is 389 g/mol. The summed E-state index contributed by atoms with van der Waals surface area (Å²) in [6.07, 6.45) is 4.11. The molecule has 0 bridgehead atoms. The van der Waals surface area contributed by atoms with Crippen molar-refractivity contribution in [2.45, 2.75) is 32.6 Å². The van der Waals surface area contributed by atoms with E-state index in [1.54, 1.807) is 23.2 Å². The van der Waals surface area contributed by atoms with E-state index in [2.05, 4.69) is 10.3 Å². The molecule has 144 valence electrons. The number of hydrogen-bond acceptors (Lipinski definition) is 4. The summed E-state index contributed by atoms with van der Waals surface area (Å²) in [4.78, 5) is 30.6. The summed E-state index contributed by atoms with van der Waals surface area (Å²) >= 11 is 5.90. The smallest absolute Gasteiger partial charge is 0.224 e. The Kier molecular flexibility index (Phi) is 6.50. The van der Waals surface area contributed by atoms with Gasteiger partial charge in [-0.1, -0.05) is 11.6 Å². The number of amides is 2. The minimum absolute atomic E-state index is 0.0373. The van der Waals surface area contributed by atoms with Crippen molar-refractivity contribution in [1.29, 1.82) is 0 Å². The number of oxazole rings is 1. The van der Waals surface area contributed by atoms with Crippen LogP contribution >= 0.6 is 11.6 Å². The number of aromatic nitrogens is 1. The largest absolute Gasteiger partial charge is 0.441 e. The molecule has 1 aliphatic heterocycles. The fourth-order valence-electron chi connectivity index (χ4n) is 3.28. The lowest BCUT2D eigenvalue weighted by molar-refractivity contribution is -0.135. The van der Waals surface area contributed by atoms with Crippen LogP contribution in [0.15, 0.2) is 34.9 Å². The van der Waals surface area contributed by atoms with Gasteiger partial charge in [-0.2, -0.15) is 0 Å². The molecule has 0 radical (unpaired) electrons. The number of hydrogen-bond donors (Lipinski definition) is 1. The van der Waals surface area contributed by atoms with Crippen molar-refractivity contribution >= 4 is 23.4 Å². The Morgan fingerprint density at radius 1 is 1.33 bits per heavy atom. The molecule has 1 aromatic carbocycles. The summed E-state index contributed by atoms with van der Waals surface area (Å²) in [7, 11) is 0. The second-order valence-electron chi connectivity index (χ2n) is 6.70. The SMILES string of the molecule is CCNC(=O)C1CCCN(C(=O)CCc2ncc(-c3ccc(Cl)cc3)o2)C1. The molecule has 6 nitrogen and oxygen atoms in total. The van der Waals surface area contributed by atoms with Crippen molar-refractivity contribution in [3.63, 3.8) is 0 Å². The summed E-state index contributed by atoms with van der Waals surface area (Å²) in [6, 6.07) is 7.33. The van der Waals surface area contributed by atoms with Gasteiger partial charge in [-0.3, -0.25) is 9.59 Å². The highest BCUT2D eigenvalue weighted by molar-refractivity contribution is 6.30. The van der Waals surface area contributed by atoms with Crippen molar-refractivity contribution in [3.05, 3.63) is 41.4 Å². The fourth-order valence-corrected chi connectivity index (χ4v) is 3.41. The molecular weight excluding hydrogens is 366 g/mol. The van der Waals surface area contributed by atoms with Gasteiger partial charge in [0.25, 0.3) is 0 Å². The highest BCUT2D eigenvalue weighted by Gasteiger charge is 2.28. The van der Waals surface area contributed by atoms with Crippen molar-refractivity contribution in [2.24, 2.45) is 5.92 Å². The van der Waals surface area contributed by atoms with E-state index in [9.17, 15) is 9.59 Å². The molecule has 1 fully saturated rings. The van der Waals surface area contributed by atoms with Crippen molar-refractivity contribution in [3.8, 4) is 11.3 Å². The Balaban J connectivity index is 1.53. The predicted molar refractivity (Wildman–Crippen MR) is 103 cm³/mol. The van der Waals surface area contributed by atoms with E-state index < -0.39 is 0 Å². The first-order chi connectivity index (χ1) is 13.1. The first-order valence-corrected chi connectivity index (χ1v) is 9.70. The van der Waals surface area contributed by atoms with Crippen LogP contribution in [0.3, 0.4) is 0 Å². The maximum Gasteiger partial charge on any atom is 0.224 e. The van der Waals surface area contributed by atoms with Crippen LogP contribution in [-0.4, -0.2) is 41.3 Å². The van der Waals surface area contributed by atoms with E-state index >= 15 is 0 Å². The summed E-state index contributed by atoms with van der Waals surface area (Å²) in [5.41, 5.74) is 0.894. The Hall–Kier alpha value is -2.34. The summed E-state index contributed by atoms with van der Waals surface area (Å²) in [6.45, 7) is 3.71. The second-order valence-corrected chi connectivity index (χ2v) is 7.14. The minimum Gasteiger partial charge on any atom is -0.441 e.